The van der Waals surface area contributed by atoms with Gasteiger partial charge >= 0.3 is 0 Å². The summed E-state index contributed by atoms with van der Waals surface area (Å²) in [5.41, 5.74) is 9.24. The first-order valence-corrected chi connectivity index (χ1v) is 12.9. The van der Waals surface area contributed by atoms with Crippen molar-refractivity contribution in [1.29, 1.82) is 0 Å². The van der Waals surface area contributed by atoms with Gasteiger partial charge in [-0.15, -0.1) is 0 Å². The summed E-state index contributed by atoms with van der Waals surface area (Å²) in [5, 5.41) is 8.85. The molecular formula is C30H27N7. The Hall–Kier alpha value is -4.36. The number of nitrogens with one attached hydrogen (secondary N) is 2. The average Bonchev–Trinajstić information content (AvgIpc) is 3.58. The van der Waals surface area contributed by atoms with Gasteiger partial charge in [0.25, 0.3) is 0 Å². The number of piperidine rings is 1. The van der Waals surface area contributed by atoms with Crippen LogP contribution in [0.25, 0.3) is 55.7 Å². The maximum atomic E-state index is 4.98. The highest BCUT2D eigenvalue weighted by atomic mass is 15.1. The van der Waals surface area contributed by atoms with E-state index < -0.39 is 0 Å². The molecule has 1 aliphatic heterocycles. The van der Waals surface area contributed by atoms with Crippen molar-refractivity contribution in [1.82, 2.24) is 35.0 Å². The summed E-state index contributed by atoms with van der Waals surface area (Å²) in [6.45, 7) is 3.31. The van der Waals surface area contributed by atoms with E-state index in [9.17, 15) is 0 Å². The number of aromatic amines is 2. The van der Waals surface area contributed by atoms with E-state index in [-0.39, 0.29) is 0 Å². The lowest BCUT2D eigenvalue weighted by molar-refractivity contribution is 0.220. The minimum Gasteiger partial charge on any atom is -0.337 e. The van der Waals surface area contributed by atoms with E-state index in [0.717, 1.165) is 62.3 Å². The number of imidazole rings is 1. The van der Waals surface area contributed by atoms with Gasteiger partial charge in [0.2, 0.25) is 0 Å². The molecule has 1 aliphatic rings. The highest BCUT2D eigenvalue weighted by Gasteiger charge is 2.16. The average molecular weight is 486 g/mol. The van der Waals surface area contributed by atoms with Gasteiger partial charge in [0.1, 0.15) is 5.69 Å². The lowest BCUT2D eigenvalue weighted by Crippen LogP contribution is -2.29. The number of para-hydroxylation sites is 1. The lowest BCUT2D eigenvalue weighted by Gasteiger charge is -2.26. The molecule has 5 heterocycles. The van der Waals surface area contributed by atoms with E-state index in [1.165, 1.54) is 37.9 Å². The molecule has 0 aliphatic carbocycles. The first-order chi connectivity index (χ1) is 18.3. The predicted molar refractivity (Wildman–Crippen MR) is 147 cm³/mol. The molecule has 0 radical (unpaired) electrons. The molecule has 6 aromatic rings. The monoisotopic (exact) mass is 485 g/mol. The Kier molecular flexibility index (Phi) is 5.48. The Morgan fingerprint density at radius 1 is 0.784 bits per heavy atom. The van der Waals surface area contributed by atoms with Crippen molar-refractivity contribution in [2.45, 2.75) is 25.8 Å². The Morgan fingerprint density at radius 3 is 2.59 bits per heavy atom. The SMILES string of the molecule is c1cncc(-c2cccc3[nH]c(-c4n[nH]c5ccc(-c6cncc(CN7CCCCC7)c6)cc45)nc23)c1. The third kappa shape index (κ3) is 4.17. The number of rotatable bonds is 5. The molecule has 7 rings (SSSR count). The minimum atomic E-state index is 0.742. The van der Waals surface area contributed by atoms with E-state index in [2.05, 4.69) is 66.4 Å². The summed E-state index contributed by atoms with van der Waals surface area (Å²) in [4.78, 5) is 19.8. The van der Waals surface area contributed by atoms with Crippen molar-refractivity contribution in [2.75, 3.05) is 13.1 Å². The molecule has 1 saturated heterocycles. The molecule has 37 heavy (non-hydrogen) atoms. The van der Waals surface area contributed by atoms with Gasteiger partial charge in [0.15, 0.2) is 5.82 Å². The predicted octanol–water partition coefficient (Wildman–Crippen LogP) is 6.22. The van der Waals surface area contributed by atoms with Crippen molar-refractivity contribution in [2.24, 2.45) is 0 Å². The van der Waals surface area contributed by atoms with E-state index in [1.807, 2.05) is 36.8 Å². The van der Waals surface area contributed by atoms with Crippen molar-refractivity contribution < 1.29 is 0 Å². The fraction of sp³-hybridized carbons (Fsp3) is 0.200. The summed E-state index contributed by atoms with van der Waals surface area (Å²) < 4.78 is 0. The van der Waals surface area contributed by atoms with Gasteiger partial charge in [-0.25, -0.2) is 4.98 Å². The summed E-state index contributed by atoms with van der Waals surface area (Å²) in [6.07, 6.45) is 11.5. The largest absolute Gasteiger partial charge is 0.337 e. The normalized spacial score (nSPS) is 14.5. The van der Waals surface area contributed by atoms with E-state index >= 15 is 0 Å². The van der Waals surface area contributed by atoms with Crippen LogP contribution in [0.2, 0.25) is 0 Å². The highest BCUT2D eigenvalue weighted by molar-refractivity contribution is 5.98. The Morgan fingerprint density at radius 2 is 1.70 bits per heavy atom. The van der Waals surface area contributed by atoms with Crippen LogP contribution in [0, 0.1) is 0 Å². The van der Waals surface area contributed by atoms with Crippen LogP contribution in [0.1, 0.15) is 24.8 Å². The van der Waals surface area contributed by atoms with Crippen LogP contribution in [-0.4, -0.2) is 48.1 Å². The van der Waals surface area contributed by atoms with Crippen LogP contribution in [0.15, 0.2) is 79.4 Å². The van der Waals surface area contributed by atoms with Crippen LogP contribution in [0.3, 0.4) is 0 Å². The number of hydrogen-bond donors (Lipinski definition) is 2. The number of aromatic nitrogens is 6. The molecule has 7 nitrogen and oxygen atoms in total. The maximum absolute atomic E-state index is 4.98. The van der Waals surface area contributed by atoms with Gasteiger partial charge in [-0.2, -0.15) is 5.10 Å². The zero-order valence-corrected chi connectivity index (χ0v) is 20.5. The second-order valence-electron chi connectivity index (χ2n) is 9.78. The number of benzene rings is 2. The summed E-state index contributed by atoms with van der Waals surface area (Å²) in [5.74, 6) is 0.742. The van der Waals surface area contributed by atoms with Gasteiger partial charge in [0.05, 0.1) is 16.6 Å². The second-order valence-corrected chi connectivity index (χ2v) is 9.78. The van der Waals surface area contributed by atoms with Crippen LogP contribution < -0.4 is 0 Å². The molecule has 182 valence electrons. The third-order valence-electron chi connectivity index (χ3n) is 7.26. The van der Waals surface area contributed by atoms with E-state index in [4.69, 9.17) is 4.98 Å². The van der Waals surface area contributed by atoms with Gasteiger partial charge in [-0.1, -0.05) is 30.7 Å². The Bertz CT molecular complexity index is 1690. The van der Waals surface area contributed by atoms with Crippen molar-refractivity contribution in [3.8, 4) is 33.8 Å². The molecule has 1 fully saturated rings. The number of H-pyrrole nitrogens is 2. The Labute approximate surface area is 214 Å². The quantitative estimate of drug-likeness (QED) is 0.303. The lowest BCUT2D eigenvalue weighted by atomic mass is 10.0. The maximum Gasteiger partial charge on any atom is 0.159 e. The number of likely N-dealkylation sites (tertiary alicyclic amines) is 1. The zero-order valence-electron chi connectivity index (χ0n) is 20.5. The molecule has 7 heteroatoms. The number of pyridine rings is 2. The molecule has 4 aromatic heterocycles. The van der Waals surface area contributed by atoms with Gasteiger partial charge < -0.3 is 4.98 Å². The first-order valence-electron chi connectivity index (χ1n) is 12.9. The number of nitrogens with zero attached hydrogens (tertiary/aromatic N) is 5. The summed E-state index contributed by atoms with van der Waals surface area (Å²) >= 11 is 0. The molecule has 2 N–H and O–H groups in total. The molecule has 0 amide bonds. The van der Waals surface area contributed by atoms with Crippen LogP contribution in [-0.2, 0) is 6.54 Å². The number of fused-ring (bicyclic) bond motifs is 2. The van der Waals surface area contributed by atoms with Gasteiger partial charge in [0, 0.05) is 53.4 Å². The third-order valence-corrected chi connectivity index (χ3v) is 7.26. The van der Waals surface area contributed by atoms with Crippen molar-refractivity contribution in [3.63, 3.8) is 0 Å². The minimum absolute atomic E-state index is 0.742. The first kappa shape index (κ1) is 21.9. The second kappa shape index (κ2) is 9.26. The zero-order chi connectivity index (χ0) is 24.6. The fourth-order valence-corrected chi connectivity index (χ4v) is 5.38. The van der Waals surface area contributed by atoms with Gasteiger partial charge in [-0.05, 0) is 67.4 Å². The molecule has 0 saturated carbocycles. The highest BCUT2D eigenvalue weighted by Crippen LogP contribution is 2.33. The summed E-state index contributed by atoms with van der Waals surface area (Å²) in [6, 6.07) is 18.8. The molecule has 2 aromatic carbocycles. The smallest absolute Gasteiger partial charge is 0.159 e. The summed E-state index contributed by atoms with van der Waals surface area (Å²) in [7, 11) is 0. The van der Waals surface area contributed by atoms with E-state index in [0.29, 0.717) is 0 Å². The van der Waals surface area contributed by atoms with Crippen LogP contribution >= 0.6 is 0 Å². The molecule has 0 atom stereocenters. The van der Waals surface area contributed by atoms with Crippen molar-refractivity contribution >= 4 is 21.9 Å². The molecular weight excluding hydrogens is 458 g/mol. The Balaban J connectivity index is 1.26. The molecule has 0 unspecified atom stereocenters. The van der Waals surface area contributed by atoms with Gasteiger partial charge in [-0.3, -0.25) is 20.0 Å². The fourth-order valence-electron chi connectivity index (χ4n) is 5.38. The number of hydrogen-bond acceptors (Lipinski definition) is 5. The van der Waals surface area contributed by atoms with Crippen LogP contribution in [0.5, 0.6) is 0 Å². The standard InChI is InChI=1S/C30H27N7/c1-2-12-37(13-3-1)19-20-14-23(18-32-16-20)21-9-10-26-25(15-21)29(36-35-26)30-33-27-8-4-7-24(28(27)34-30)22-6-5-11-31-17-22/h4-11,14-18H,1-3,12-13,19H2,(H,33,34)(H,35,36). The van der Waals surface area contributed by atoms with Crippen LogP contribution in [0.4, 0.5) is 0 Å². The molecule has 0 bridgehead atoms. The van der Waals surface area contributed by atoms with Crippen molar-refractivity contribution in [3.05, 3.63) is 84.9 Å². The topological polar surface area (TPSA) is 86.4 Å². The molecule has 0 spiro atoms. The van der Waals surface area contributed by atoms with E-state index in [1.54, 1.807) is 6.20 Å².